The van der Waals surface area contributed by atoms with Crippen LogP contribution in [0.2, 0.25) is 5.02 Å². The standard InChI is InChI=1S/C13H7ClIN3O2/c14-9-2-1-5-16-11(9)12-17-13(20-18-12)8-6-7(15)3-4-10(8)19/h1-6,19H. The summed E-state index contributed by atoms with van der Waals surface area (Å²) in [5.41, 5.74) is 0.914. The Hall–Kier alpha value is -1.67. The minimum absolute atomic E-state index is 0.0766. The van der Waals surface area contributed by atoms with Crippen LogP contribution in [0.3, 0.4) is 0 Å². The predicted octanol–water partition coefficient (Wildman–Crippen LogP) is 3.76. The maximum atomic E-state index is 9.85. The number of hydrogen-bond acceptors (Lipinski definition) is 5. The van der Waals surface area contributed by atoms with Crippen LogP contribution < -0.4 is 0 Å². The molecule has 0 fully saturated rings. The molecule has 0 aliphatic carbocycles. The number of phenols is 1. The van der Waals surface area contributed by atoms with Crippen LogP contribution in [0.25, 0.3) is 23.0 Å². The first-order chi connectivity index (χ1) is 9.65. The van der Waals surface area contributed by atoms with E-state index in [1.54, 1.807) is 36.5 Å². The molecule has 3 aromatic rings. The Morgan fingerprint density at radius 1 is 1.25 bits per heavy atom. The van der Waals surface area contributed by atoms with Crippen molar-refractivity contribution in [3.63, 3.8) is 0 Å². The summed E-state index contributed by atoms with van der Waals surface area (Å²) < 4.78 is 6.12. The first kappa shape index (κ1) is 13.3. The molecule has 0 bridgehead atoms. The normalized spacial score (nSPS) is 10.7. The summed E-state index contributed by atoms with van der Waals surface area (Å²) in [6.07, 6.45) is 1.60. The molecule has 7 heteroatoms. The first-order valence-electron chi connectivity index (χ1n) is 5.58. The fourth-order valence-corrected chi connectivity index (χ4v) is 2.36. The summed E-state index contributed by atoms with van der Waals surface area (Å²) in [6, 6.07) is 8.54. The number of aromatic nitrogens is 3. The van der Waals surface area contributed by atoms with Crippen molar-refractivity contribution in [2.24, 2.45) is 0 Å². The fraction of sp³-hybridized carbons (Fsp3) is 0. The second-order valence-corrected chi connectivity index (χ2v) is 5.57. The molecular weight excluding hydrogens is 393 g/mol. The molecule has 20 heavy (non-hydrogen) atoms. The van der Waals surface area contributed by atoms with Gasteiger partial charge >= 0.3 is 0 Å². The number of halogens is 2. The minimum atomic E-state index is 0.0766. The minimum Gasteiger partial charge on any atom is -0.507 e. The molecule has 0 saturated heterocycles. The van der Waals surface area contributed by atoms with E-state index in [1.807, 2.05) is 0 Å². The van der Waals surface area contributed by atoms with Crippen LogP contribution in [0, 0.1) is 3.57 Å². The molecule has 2 heterocycles. The molecule has 2 aromatic heterocycles. The molecule has 0 amide bonds. The van der Waals surface area contributed by atoms with E-state index in [0.29, 0.717) is 16.3 Å². The van der Waals surface area contributed by atoms with E-state index in [4.69, 9.17) is 16.1 Å². The van der Waals surface area contributed by atoms with E-state index < -0.39 is 0 Å². The number of hydrogen-bond donors (Lipinski definition) is 1. The summed E-state index contributed by atoms with van der Waals surface area (Å²) >= 11 is 8.17. The van der Waals surface area contributed by atoms with Crippen molar-refractivity contribution in [1.29, 1.82) is 0 Å². The Bertz CT molecular complexity index is 776. The molecule has 1 aromatic carbocycles. The summed E-state index contributed by atoms with van der Waals surface area (Å²) in [7, 11) is 0. The van der Waals surface area contributed by atoms with E-state index >= 15 is 0 Å². The fourth-order valence-electron chi connectivity index (χ4n) is 1.66. The molecule has 0 unspecified atom stereocenters. The number of rotatable bonds is 2. The van der Waals surface area contributed by atoms with Crippen LogP contribution in [0.1, 0.15) is 0 Å². The number of phenolic OH excluding ortho intramolecular Hbond substituents is 1. The topological polar surface area (TPSA) is 72.0 Å². The Balaban J connectivity index is 2.07. The molecule has 0 spiro atoms. The summed E-state index contributed by atoms with van der Waals surface area (Å²) in [5.74, 6) is 0.578. The van der Waals surface area contributed by atoms with Gasteiger partial charge in [-0.05, 0) is 52.9 Å². The Kier molecular flexibility index (Phi) is 3.58. The molecule has 0 radical (unpaired) electrons. The highest BCUT2D eigenvalue weighted by Gasteiger charge is 2.16. The molecule has 0 atom stereocenters. The largest absolute Gasteiger partial charge is 0.507 e. The third-order valence-electron chi connectivity index (χ3n) is 2.59. The van der Waals surface area contributed by atoms with Crippen molar-refractivity contribution in [1.82, 2.24) is 15.1 Å². The second kappa shape index (κ2) is 5.37. The van der Waals surface area contributed by atoms with Gasteiger partial charge in [-0.25, -0.2) is 0 Å². The maximum absolute atomic E-state index is 9.85. The zero-order valence-electron chi connectivity index (χ0n) is 9.92. The van der Waals surface area contributed by atoms with Crippen LogP contribution in [0.5, 0.6) is 5.75 Å². The number of benzene rings is 1. The van der Waals surface area contributed by atoms with E-state index in [9.17, 15) is 5.11 Å². The lowest BCUT2D eigenvalue weighted by Gasteiger charge is -1.99. The zero-order chi connectivity index (χ0) is 14.1. The van der Waals surface area contributed by atoms with Gasteiger partial charge < -0.3 is 9.63 Å². The predicted molar refractivity (Wildman–Crippen MR) is 82.4 cm³/mol. The van der Waals surface area contributed by atoms with Crippen molar-refractivity contribution in [2.45, 2.75) is 0 Å². The highest BCUT2D eigenvalue weighted by molar-refractivity contribution is 14.1. The molecule has 100 valence electrons. The van der Waals surface area contributed by atoms with Crippen molar-refractivity contribution in [2.75, 3.05) is 0 Å². The molecule has 1 N–H and O–H groups in total. The van der Waals surface area contributed by atoms with Crippen molar-refractivity contribution < 1.29 is 9.63 Å². The van der Waals surface area contributed by atoms with Crippen LogP contribution in [0.4, 0.5) is 0 Å². The van der Waals surface area contributed by atoms with Gasteiger partial charge in [0, 0.05) is 9.77 Å². The summed E-state index contributed by atoms with van der Waals surface area (Å²) in [5, 5.41) is 14.1. The van der Waals surface area contributed by atoms with Crippen molar-refractivity contribution >= 4 is 34.2 Å². The number of nitrogens with zero attached hydrogens (tertiary/aromatic N) is 3. The van der Waals surface area contributed by atoms with Gasteiger partial charge in [0.15, 0.2) is 0 Å². The van der Waals surface area contributed by atoms with Crippen molar-refractivity contribution in [3.05, 3.63) is 45.1 Å². The second-order valence-electron chi connectivity index (χ2n) is 3.92. The Morgan fingerprint density at radius 3 is 2.90 bits per heavy atom. The smallest absolute Gasteiger partial charge is 0.262 e. The Labute approximate surface area is 132 Å². The zero-order valence-corrected chi connectivity index (χ0v) is 12.8. The van der Waals surface area contributed by atoms with Crippen LogP contribution in [-0.4, -0.2) is 20.2 Å². The number of pyridine rings is 1. The van der Waals surface area contributed by atoms with Crippen molar-refractivity contribution in [3.8, 4) is 28.7 Å². The van der Waals surface area contributed by atoms with Gasteiger partial charge in [0.1, 0.15) is 11.4 Å². The van der Waals surface area contributed by atoms with Crippen LogP contribution in [-0.2, 0) is 0 Å². The van der Waals surface area contributed by atoms with Gasteiger partial charge in [0.2, 0.25) is 5.82 Å². The molecule has 0 aliphatic heterocycles. The lowest BCUT2D eigenvalue weighted by molar-refractivity contribution is 0.425. The highest BCUT2D eigenvalue weighted by Crippen LogP contribution is 2.31. The molecule has 0 saturated carbocycles. The van der Waals surface area contributed by atoms with Gasteiger partial charge in [0.25, 0.3) is 5.89 Å². The number of aromatic hydroxyl groups is 1. The monoisotopic (exact) mass is 399 g/mol. The van der Waals surface area contributed by atoms with Crippen LogP contribution in [0.15, 0.2) is 41.1 Å². The summed E-state index contributed by atoms with van der Waals surface area (Å²) in [6.45, 7) is 0. The van der Waals surface area contributed by atoms with Gasteiger partial charge in [-0.3, -0.25) is 4.98 Å². The van der Waals surface area contributed by atoms with Gasteiger partial charge in [-0.1, -0.05) is 16.8 Å². The third kappa shape index (κ3) is 2.48. The van der Waals surface area contributed by atoms with Gasteiger partial charge in [-0.2, -0.15) is 4.98 Å². The molecule has 3 rings (SSSR count). The quantitative estimate of drug-likeness (QED) is 0.664. The van der Waals surface area contributed by atoms with Gasteiger partial charge in [-0.15, -0.1) is 0 Å². The van der Waals surface area contributed by atoms with E-state index in [1.165, 1.54) is 0 Å². The lowest BCUT2D eigenvalue weighted by Crippen LogP contribution is -1.87. The van der Waals surface area contributed by atoms with E-state index in [-0.39, 0.29) is 17.5 Å². The molecular formula is C13H7ClIN3O2. The van der Waals surface area contributed by atoms with E-state index in [0.717, 1.165) is 3.57 Å². The summed E-state index contributed by atoms with van der Waals surface area (Å²) in [4.78, 5) is 8.34. The Morgan fingerprint density at radius 2 is 2.10 bits per heavy atom. The molecule has 5 nitrogen and oxygen atoms in total. The average molecular weight is 400 g/mol. The lowest BCUT2D eigenvalue weighted by atomic mass is 10.2. The van der Waals surface area contributed by atoms with Crippen LogP contribution >= 0.6 is 34.2 Å². The highest BCUT2D eigenvalue weighted by atomic mass is 127. The van der Waals surface area contributed by atoms with E-state index in [2.05, 4.69) is 37.7 Å². The van der Waals surface area contributed by atoms with Gasteiger partial charge in [0.05, 0.1) is 10.6 Å². The maximum Gasteiger partial charge on any atom is 0.262 e. The SMILES string of the molecule is Oc1ccc(I)cc1-c1nc(-c2ncccc2Cl)no1. The first-order valence-corrected chi connectivity index (χ1v) is 7.04. The average Bonchev–Trinajstić information content (AvgIpc) is 2.91. The molecule has 0 aliphatic rings. The third-order valence-corrected chi connectivity index (χ3v) is 3.56.